The van der Waals surface area contributed by atoms with Gasteiger partial charge in [-0.2, -0.15) is 0 Å². The molecule has 0 spiro atoms. The van der Waals surface area contributed by atoms with Crippen LogP contribution < -0.4 is 16.0 Å². The van der Waals surface area contributed by atoms with Crippen LogP contribution in [0.1, 0.15) is 69.8 Å². The molecule has 40 heavy (non-hydrogen) atoms. The summed E-state index contributed by atoms with van der Waals surface area (Å²) in [6, 6.07) is 6.05. The van der Waals surface area contributed by atoms with E-state index in [1.54, 1.807) is 7.11 Å². The minimum absolute atomic E-state index is 0.0716. The summed E-state index contributed by atoms with van der Waals surface area (Å²) < 4.78 is 5.39. The lowest BCUT2D eigenvalue weighted by atomic mass is 9.88. The first-order chi connectivity index (χ1) is 19.2. The molecule has 1 amide bonds. The second-order valence-corrected chi connectivity index (χ2v) is 10.2. The predicted octanol–water partition coefficient (Wildman–Crippen LogP) is 7.75. The fraction of sp³-hybridized carbons (Fsp3) is 0.400. The van der Waals surface area contributed by atoms with Crippen molar-refractivity contribution >= 4 is 17.2 Å². The van der Waals surface area contributed by atoms with E-state index in [2.05, 4.69) is 79.4 Å². The SMILES string of the molecule is C=C(CC(C)C(=C)CC=C(C=CC)CNC(C)C1=CC=C(OC)CC=C1)c1cccc(C(=O)NCC)c1NCC. The molecule has 216 valence electrons. The maximum atomic E-state index is 12.6. The summed E-state index contributed by atoms with van der Waals surface area (Å²) in [5.41, 5.74) is 7.12. The highest BCUT2D eigenvalue weighted by Gasteiger charge is 2.17. The molecule has 1 aromatic rings. The Morgan fingerprint density at radius 3 is 2.55 bits per heavy atom. The average molecular weight is 544 g/mol. The van der Waals surface area contributed by atoms with Crippen LogP contribution in [0.25, 0.3) is 5.57 Å². The van der Waals surface area contributed by atoms with E-state index in [9.17, 15) is 4.79 Å². The van der Waals surface area contributed by atoms with E-state index in [-0.39, 0.29) is 17.9 Å². The second-order valence-electron chi connectivity index (χ2n) is 10.2. The van der Waals surface area contributed by atoms with Crippen molar-refractivity contribution in [3.05, 3.63) is 107 Å². The standard InChI is InChI=1S/C35H49N3O2/c1-9-14-29(24-38-28(7)30-15-12-16-31(40-8)22-21-30)20-19-25(4)26(5)23-27(6)32-17-13-18-33(34(32)36-10-2)35(39)37-11-3/h9,12-15,17-18,20-22,26,28,36,38H,4,6,10-11,16,19,23-24H2,1-3,5,7-8H3,(H,37,39). The molecule has 0 saturated carbocycles. The lowest BCUT2D eigenvalue weighted by Crippen LogP contribution is -2.29. The van der Waals surface area contributed by atoms with Gasteiger partial charge in [-0.1, -0.05) is 74.2 Å². The fourth-order valence-corrected chi connectivity index (χ4v) is 4.61. The Labute approximate surface area is 242 Å². The number of ether oxygens (including phenoxy) is 1. The third kappa shape index (κ3) is 9.87. The summed E-state index contributed by atoms with van der Waals surface area (Å²) in [7, 11) is 1.71. The molecule has 5 nitrogen and oxygen atoms in total. The first-order valence-electron chi connectivity index (χ1n) is 14.4. The summed E-state index contributed by atoms with van der Waals surface area (Å²) in [5.74, 6) is 1.14. The van der Waals surface area contributed by atoms with E-state index in [0.29, 0.717) is 12.1 Å². The maximum Gasteiger partial charge on any atom is 0.253 e. The largest absolute Gasteiger partial charge is 0.501 e. The Bertz CT molecular complexity index is 1180. The van der Waals surface area contributed by atoms with Crippen molar-refractivity contribution in [1.29, 1.82) is 0 Å². The zero-order valence-corrected chi connectivity index (χ0v) is 25.4. The quantitative estimate of drug-likeness (QED) is 0.147. The van der Waals surface area contributed by atoms with Gasteiger partial charge in [-0.05, 0) is 75.3 Å². The van der Waals surface area contributed by atoms with Gasteiger partial charge in [-0.25, -0.2) is 0 Å². The van der Waals surface area contributed by atoms with E-state index in [0.717, 1.165) is 60.5 Å². The van der Waals surface area contributed by atoms with Gasteiger partial charge >= 0.3 is 0 Å². The van der Waals surface area contributed by atoms with Crippen molar-refractivity contribution in [2.24, 2.45) is 5.92 Å². The van der Waals surface area contributed by atoms with Crippen LogP contribution in [-0.2, 0) is 4.74 Å². The third-order valence-corrected chi connectivity index (χ3v) is 7.10. The number of rotatable bonds is 16. The molecule has 2 rings (SSSR count). The molecule has 1 aliphatic carbocycles. The van der Waals surface area contributed by atoms with E-state index >= 15 is 0 Å². The number of nitrogens with one attached hydrogen (secondary N) is 3. The third-order valence-electron chi connectivity index (χ3n) is 7.10. The van der Waals surface area contributed by atoms with Gasteiger partial charge in [0, 0.05) is 37.7 Å². The zero-order valence-electron chi connectivity index (χ0n) is 25.4. The summed E-state index contributed by atoms with van der Waals surface area (Å²) in [6.07, 6.45) is 17.4. The number of methoxy groups -OCH3 is 1. The Balaban J connectivity index is 2.05. The number of benzene rings is 1. The van der Waals surface area contributed by atoms with Crippen molar-refractivity contribution in [3.8, 4) is 0 Å². The van der Waals surface area contributed by atoms with Gasteiger partial charge < -0.3 is 20.7 Å². The van der Waals surface area contributed by atoms with Gasteiger partial charge in [0.15, 0.2) is 0 Å². The highest BCUT2D eigenvalue weighted by Crippen LogP contribution is 2.33. The molecule has 1 aromatic carbocycles. The van der Waals surface area contributed by atoms with Crippen LogP contribution in [-0.4, -0.2) is 38.7 Å². The second kappa shape index (κ2) is 17.2. The first-order valence-corrected chi connectivity index (χ1v) is 14.4. The van der Waals surface area contributed by atoms with Crippen molar-refractivity contribution < 1.29 is 9.53 Å². The molecule has 2 atom stereocenters. The summed E-state index contributed by atoms with van der Waals surface area (Å²) in [4.78, 5) is 12.6. The Morgan fingerprint density at radius 1 is 1.12 bits per heavy atom. The molecule has 0 aromatic heterocycles. The normalized spacial score (nSPS) is 15.1. The molecular weight excluding hydrogens is 494 g/mol. The van der Waals surface area contributed by atoms with Crippen LogP contribution in [0.5, 0.6) is 0 Å². The van der Waals surface area contributed by atoms with E-state index in [1.807, 2.05) is 45.0 Å². The lowest BCUT2D eigenvalue weighted by molar-refractivity contribution is 0.0956. The van der Waals surface area contributed by atoms with E-state index < -0.39 is 0 Å². The number of carbonyl (C=O) groups is 1. The van der Waals surface area contributed by atoms with Crippen LogP contribution in [0.2, 0.25) is 0 Å². The molecule has 1 aliphatic rings. The van der Waals surface area contributed by atoms with Crippen LogP contribution >= 0.6 is 0 Å². The highest BCUT2D eigenvalue weighted by molar-refractivity contribution is 6.02. The Morgan fingerprint density at radius 2 is 1.88 bits per heavy atom. The zero-order chi connectivity index (χ0) is 29.5. The molecule has 0 heterocycles. The molecule has 0 radical (unpaired) electrons. The van der Waals surface area contributed by atoms with Crippen LogP contribution in [0, 0.1) is 5.92 Å². The van der Waals surface area contributed by atoms with Crippen molar-refractivity contribution in [3.63, 3.8) is 0 Å². The maximum absolute atomic E-state index is 12.6. The average Bonchev–Trinajstić information content (AvgIpc) is 3.20. The Hall–Kier alpha value is -3.57. The molecular formula is C35H49N3O2. The number of hydrogen-bond acceptors (Lipinski definition) is 4. The van der Waals surface area contributed by atoms with Crippen LogP contribution in [0.15, 0.2) is 96.4 Å². The van der Waals surface area contributed by atoms with Crippen LogP contribution in [0.3, 0.4) is 0 Å². The first kappa shape index (κ1) is 32.6. The summed E-state index contributed by atoms with van der Waals surface area (Å²) >= 11 is 0. The number of allylic oxidation sites excluding steroid dienone is 7. The number of anilines is 1. The van der Waals surface area contributed by atoms with Gasteiger partial charge in [0.2, 0.25) is 0 Å². The molecule has 0 aliphatic heterocycles. The lowest BCUT2D eigenvalue weighted by Gasteiger charge is -2.20. The number of hydrogen-bond donors (Lipinski definition) is 3. The van der Waals surface area contributed by atoms with E-state index in [1.165, 1.54) is 11.1 Å². The monoisotopic (exact) mass is 543 g/mol. The van der Waals surface area contributed by atoms with E-state index in [4.69, 9.17) is 4.74 Å². The number of carbonyl (C=O) groups excluding carboxylic acids is 1. The minimum atomic E-state index is -0.0716. The summed E-state index contributed by atoms with van der Waals surface area (Å²) in [6.45, 7) is 21.3. The number of amides is 1. The molecule has 0 fully saturated rings. The number of para-hydroxylation sites is 1. The Kier molecular flexibility index (Phi) is 14.0. The molecule has 3 N–H and O–H groups in total. The highest BCUT2D eigenvalue weighted by atomic mass is 16.5. The van der Waals surface area contributed by atoms with Crippen LogP contribution in [0.4, 0.5) is 5.69 Å². The summed E-state index contributed by atoms with van der Waals surface area (Å²) in [5, 5.41) is 9.96. The smallest absolute Gasteiger partial charge is 0.253 e. The molecule has 0 saturated heterocycles. The fourth-order valence-electron chi connectivity index (χ4n) is 4.61. The van der Waals surface area contributed by atoms with Gasteiger partial charge in [-0.3, -0.25) is 4.79 Å². The van der Waals surface area contributed by atoms with Gasteiger partial charge in [-0.15, -0.1) is 0 Å². The minimum Gasteiger partial charge on any atom is -0.501 e. The van der Waals surface area contributed by atoms with Gasteiger partial charge in [0.05, 0.1) is 24.1 Å². The van der Waals surface area contributed by atoms with Crippen molar-refractivity contribution in [1.82, 2.24) is 10.6 Å². The van der Waals surface area contributed by atoms with Crippen molar-refractivity contribution in [2.75, 3.05) is 32.1 Å². The van der Waals surface area contributed by atoms with Crippen molar-refractivity contribution in [2.45, 2.75) is 59.9 Å². The molecule has 5 heteroatoms. The van der Waals surface area contributed by atoms with Gasteiger partial charge in [0.1, 0.15) is 0 Å². The van der Waals surface area contributed by atoms with Gasteiger partial charge in [0.25, 0.3) is 5.91 Å². The molecule has 0 bridgehead atoms. The topological polar surface area (TPSA) is 62.4 Å². The molecule has 2 unspecified atom stereocenters. The predicted molar refractivity (Wildman–Crippen MR) is 172 cm³/mol.